The summed E-state index contributed by atoms with van der Waals surface area (Å²) in [7, 11) is 2.24. The molecule has 0 aromatic heterocycles. The van der Waals surface area contributed by atoms with Crippen LogP contribution in [0.15, 0.2) is 0 Å². The molecule has 0 radical (unpaired) electrons. The molecule has 2 aliphatic rings. The number of rotatable bonds is 1. The number of likely N-dealkylation sites (tertiary alicyclic amines) is 1. The van der Waals surface area contributed by atoms with E-state index in [4.69, 9.17) is 0 Å². The van der Waals surface area contributed by atoms with E-state index in [2.05, 4.69) is 25.8 Å². The second kappa shape index (κ2) is 4.06. The minimum atomic E-state index is -0.378. The zero-order valence-corrected chi connectivity index (χ0v) is 10.4. The molecular weight excluding hydrogens is 186 g/mol. The molecule has 0 amide bonds. The summed E-state index contributed by atoms with van der Waals surface area (Å²) in [5.74, 6) is 0.525. The molecule has 1 aliphatic carbocycles. The maximum Gasteiger partial charge on any atom is 0.0702 e. The second-order valence-electron chi connectivity index (χ2n) is 5.63. The lowest BCUT2D eigenvalue weighted by molar-refractivity contribution is -0.128. The van der Waals surface area contributed by atoms with Gasteiger partial charge >= 0.3 is 0 Å². The van der Waals surface area contributed by atoms with Crippen LogP contribution >= 0.6 is 0 Å². The third-order valence-corrected chi connectivity index (χ3v) is 4.90. The van der Waals surface area contributed by atoms with Crippen LogP contribution in [0.25, 0.3) is 0 Å². The number of hydrogen-bond donors (Lipinski definition) is 1. The summed E-state index contributed by atoms with van der Waals surface area (Å²) >= 11 is 0. The van der Waals surface area contributed by atoms with Gasteiger partial charge in [0, 0.05) is 18.0 Å². The van der Waals surface area contributed by atoms with Crippen LogP contribution in [0.2, 0.25) is 0 Å². The van der Waals surface area contributed by atoms with E-state index >= 15 is 0 Å². The maximum atomic E-state index is 10.7. The van der Waals surface area contributed by atoms with Gasteiger partial charge in [0.2, 0.25) is 0 Å². The molecule has 1 N–H and O–H groups in total. The Morgan fingerprint density at radius 1 is 1.33 bits per heavy atom. The standard InChI is InChI=1S/C13H25NO/c1-4-13(15)9-10(2)14(3)12-8-6-5-7-11(12)13/h10-12,15H,4-9H2,1-3H3/t10-,11+,12+,13-/m0/s1. The third-order valence-electron chi connectivity index (χ3n) is 4.90. The Morgan fingerprint density at radius 2 is 2.00 bits per heavy atom. The van der Waals surface area contributed by atoms with Gasteiger partial charge in [0.15, 0.2) is 0 Å². The molecular formula is C13H25NO. The van der Waals surface area contributed by atoms with Crippen molar-refractivity contribution in [1.82, 2.24) is 4.90 Å². The molecule has 88 valence electrons. The van der Waals surface area contributed by atoms with Crippen LogP contribution in [0.4, 0.5) is 0 Å². The van der Waals surface area contributed by atoms with Gasteiger partial charge in [0.1, 0.15) is 0 Å². The first-order chi connectivity index (χ1) is 7.08. The van der Waals surface area contributed by atoms with Crippen molar-refractivity contribution in [3.8, 4) is 0 Å². The van der Waals surface area contributed by atoms with E-state index in [0.29, 0.717) is 18.0 Å². The quantitative estimate of drug-likeness (QED) is 0.720. The lowest BCUT2D eigenvalue weighted by Crippen LogP contribution is -2.60. The Labute approximate surface area is 93.7 Å². The minimum Gasteiger partial charge on any atom is -0.389 e. The van der Waals surface area contributed by atoms with E-state index in [1.807, 2.05) is 0 Å². The van der Waals surface area contributed by atoms with Crippen LogP contribution < -0.4 is 0 Å². The van der Waals surface area contributed by atoms with Gasteiger partial charge in [-0.25, -0.2) is 0 Å². The minimum absolute atomic E-state index is 0.378. The van der Waals surface area contributed by atoms with Crippen molar-refractivity contribution >= 4 is 0 Å². The maximum absolute atomic E-state index is 10.7. The first kappa shape index (κ1) is 11.4. The first-order valence-electron chi connectivity index (χ1n) is 6.53. The van der Waals surface area contributed by atoms with Gasteiger partial charge in [-0.15, -0.1) is 0 Å². The Hall–Kier alpha value is -0.0800. The SMILES string of the molecule is CC[C@]1(O)C[C@H](C)N(C)[C@@H]2CCCC[C@H]21. The molecule has 0 aromatic carbocycles. The van der Waals surface area contributed by atoms with Crippen molar-refractivity contribution in [2.75, 3.05) is 7.05 Å². The molecule has 1 saturated heterocycles. The molecule has 0 bridgehead atoms. The van der Waals surface area contributed by atoms with Crippen LogP contribution in [0.5, 0.6) is 0 Å². The summed E-state index contributed by atoms with van der Waals surface area (Å²) in [6, 6.07) is 1.17. The van der Waals surface area contributed by atoms with Crippen LogP contribution in [0.1, 0.15) is 52.4 Å². The summed E-state index contributed by atoms with van der Waals surface area (Å²) in [5.41, 5.74) is -0.378. The Morgan fingerprint density at radius 3 is 2.67 bits per heavy atom. The molecule has 1 saturated carbocycles. The van der Waals surface area contributed by atoms with Gasteiger partial charge in [-0.2, -0.15) is 0 Å². The van der Waals surface area contributed by atoms with Crippen LogP contribution in [0, 0.1) is 5.92 Å². The van der Waals surface area contributed by atoms with Gasteiger partial charge in [-0.05, 0) is 39.7 Å². The molecule has 2 nitrogen and oxygen atoms in total. The van der Waals surface area contributed by atoms with Crippen molar-refractivity contribution in [1.29, 1.82) is 0 Å². The van der Waals surface area contributed by atoms with E-state index in [1.54, 1.807) is 0 Å². The summed E-state index contributed by atoms with van der Waals surface area (Å²) in [6.07, 6.45) is 7.05. The summed E-state index contributed by atoms with van der Waals surface area (Å²) in [6.45, 7) is 4.40. The van der Waals surface area contributed by atoms with Gasteiger partial charge in [-0.1, -0.05) is 19.8 Å². The van der Waals surface area contributed by atoms with Crippen LogP contribution in [-0.2, 0) is 0 Å². The van der Waals surface area contributed by atoms with E-state index in [1.165, 1.54) is 25.7 Å². The number of fused-ring (bicyclic) bond motifs is 1. The fraction of sp³-hybridized carbons (Fsp3) is 1.00. The Bertz CT molecular complexity index is 231. The molecule has 4 atom stereocenters. The zero-order valence-electron chi connectivity index (χ0n) is 10.4. The lowest BCUT2D eigenvalue weighted by atomic mass is 9.66. The van der Waals surface area contributed by atoms with E-state index < -0.39 is 0 Å². The predicted octanol–water partition coefficient (Wildman–Crippen LogP) is 2.41. The summed E-state index contributed by atoms with van der Waals surface area (Å²) in [4.78, 5) is 2.51. The number of aliphatic hydroxyl groups is 1. The molecule has 1 heterocycles. The average Bonchev–Trinajstić information content (AvgIpc) is 2.26. The van der Waals surface area contributed by atoms with Gasteiger partial charge < -0.3 is 10.0 Å². The lowest BCUT2D eigenvalue weighted by Gasteiger charge is -2.54. The predicted molar refractivity (Wildman–Crippen MR) is 62.8 cm³/mol. The Kier molecular flexibility index (Phi) is 3.09. The van der Waals surface area contributed by atoms with Crippen molar-refractivity contribution in [3.63, 3.8) is 0 Å². The largest absolute Gasteiger partial charge is 0.389 e. The fourth-order valence-electron chi connectivity index (χ4n) is 3.77. The average molecular weight is 211 g/mol. The highest BCUT2D eigenvalue weighted by atomic mass is 16.3. The van der Waals surface area contributed by atoms with Crippen molar-refractivity contribution in [3.05, 3.63) is 0 Å². The number of nitrogens with zero attached hydrogens (tertiary/aromatic N) is 1. The van der Waals surface area contributed by atoms with Crippen molar-refractivity contribution in [2.24, 2.45) is 5.92 Å². The number of hydrogen-bond acceptors (Lipinski definition) is 2. The fourth-order valence-corrected chi connectivity index (χ4v) is 3.77. The molecule has 15 heavy (non-hydrogen) atoms. The first-order valence-corrected chi connectivity index (χ1v) is 6.53. The molecule has 2 fully saturated rings. The topological polar surface area (TPSA) is 23.5 Å². The van der Waals surface area contributed by atoms with Crippen LogP contribution in [0.3, 0.4) is 0 Å². The summed E-state index contributed by atoms with van der Waals surface area (Å²) in [5, 5.41) is 10.7. The van der Waals surface area contributed by atoms with Gasteiger partial charge in [0.05, 0.1) is 5.60 Å². The van der Waals surface area contributed by atoms with Crippen molar-refractivity contribution < 1.29 is 5.11 Å². The smallest absolute Gasteiger partial charge is 0.0702 e. The molecule has 0 spiro atoms. The molecule has 0 unspecified atom stereocenters. The summed E-state index contributed by atoms with van der Waals surface area (Å²) < 4.78 is 0. The molecule has 0 aromatic rings. The normalized spacial score (nSPS) is 47.6. The van der Waals surface area contributed by atoms with E-state index in [0.717, 1.165) is 12.8 Å². The highest BCUT2D eigenvalue weighted by Crippen LogP contribution is 2.44. The molecule has 1 aliphatic heterocycles. The van der Waals surface area contributed by atoms with Gasteiger partial charge in [0.25, 0.3) is 0 Å². The van der Waals surface area contributed by atoms with E-state index in [9.17, 15) is 5.11 Å². The molecule has 2 heteroatoms. The third kappa shape index (κ3) is 1.83. The molecule has 2 rings (SSSR count). The highest BCUT2D eigenvalue weighted by molar-refractivity contribution is 5.01. The van der Waals surface area contributed by atoms with Crippen molar-refractivity contribution in [2.45, 2.75) is 70.1 Å². The number of piperidine rings is 1. The Balaban J connectivity index is 2.22. The monoisotopic (exact) mass is 211 g/mol. The van der Waals surface area contributed by atoms with Crippen LogP contribution in [-0.4, -0.2) is 34.7 Å². The highest BCUT2D eigenvalue weighted by Gasteiger charge is 2.48. The second-order valence-corrected chi connectivity index (χ2v) is 5.63. The van der Waals surface area contributed by atoms with E-state index in [-0.39, 0.29) is 5.60 Å². The van der Waals surface area contributed by atoms with Gasteiger partial charge in [-0.3, -0.25) is 0 Å². The zero-order chi connectivity index (χ0) is 11.1.